The van der Waals surface area contributed by atoms with Gasteiger partial charge in [-0.25, -0.2) is 4.79 Å². The van der Waals surface area contributed by atoms with Crippen molar-refractivity contribution in [3.8, 4) is 0 Å². The van der Waals surface area contributed by atoms with Crippen LogP contribution in [0.4, 0.5) is 10.5 Å². The van der Waals surface area contributed by atoms with Crippen molar-refractivity contribution in [2.24, 2.45) is 5.41 Å². The lowest BCUT2D eigenvalue weighted by molar-refractivity contribution is -0.159. The van der Waals surface area contributed by atoms with Crippen LogP contribution in [0.25, 0.3) is 0 Å². The number of benzene rings is 1. The fourth-order valence-corrected chi connectivity index (χ4v) is 4.37. The van der Waals surface area contributed by atoms with Crippen LogP contribution in [0.2, 0.25) is 0 Å². The third kappa shape index (κ3) is 2.19. The maximum Gasteiger partial charge on any atom is 0.331 e. The number of barbiturate groups is 1. The molecule has 26 heavy (non-hydrogen) atoms. The highest BCUT2D eigenvalue weighted by molar-refractivity contribution is 6.20. The van der Waals surface area contributed by atoms with E-state index in [1.54, 1.807) is 20.8 Å². The first-order valence-corrected chi connectivity index (χ1v) is 8.89. The number of morpholine rings is 1. The lowest BCUT2D eigenvalue weighted by Crippen LogP contribution is -2.75. The number of hydrogen-bond donors (Lipinski definition) is 1. The number of anilines is 1. The van der Waals surface area contributed by atoms with Crippen molar-refractivity contribution >= 4 is 23.5 Å². The molecule has 2 saturated heterocycles. The number of ether oxygens (including phenoxy) is 1. The summed E-state index contributed by atoms with van der Waals surface area (Å²) in [7, 11) is 0. The van der Waals surface area contributed by atoms with Gasteiger partial charge < -0.3 is 9.64 Å². The molecule has 4 rings (SSSR count). The standard InChI is InChI=1S/C19H23N3O4/c1-18(2,3)22-16(24)19(15(23)20-17(22)25)10-12-6-4-5-7-13(12)21-8-9-26-11-14(19)21/h4-7,14H,8-11H2,1-3H3,(H,20,23,25)/t14-,19-/m0/s1. The van der Waals surface area contributed by atoms with E-state index in [4.69, 9.17) is 4.74 Å². The monoisotopic (exact) mass is 357 g/mol. The molecule has 1 N–H and O–H groups in total. The van der Waals surface area contributed by atoms with Crippen LogP contribution in [0.5, 0.6) is 0 Å². The van der Waals surface area contributed by atoms with Gasteiger partial charge in [-0.05, 0) is 38.8 Å². The largest absolute Gasteiger partial charge is 0.377 e. The van der Waals surface area contributed by atoms with Gasteiger partial charge in [-0.3, -0.25) is 19.8 Å². The average molecular weight is 357 g/mol. The predicted octanol–water partition coefficient (Wildman–Crippen LogP) is 1.31. The highest BCUT2D eigenvalue weighted by Gasteiger charge is 2.63. The number of nitrogens with zero attached hydrogens (tertiary/aromatic N) is 2. The predicted molar refractivity (Wildman–Crippen MR) is 94.7 cm³/mol. The van der Waals surface area contributed by atoms with E-state index in [1.165, 1.54) is 4.90 Å². The number of carbonyl (C=O) groups excluding carboxylic acids is 3. The molecule has 1 spiro atoms. The molecule has 0 unspecified atom stereocenters. The van der Waals surface area contributed by atoms with Gasteiger partial charge in [0.15, 0.2) is 5.41 Å². The summed E-state index contributed by atoms with van der Waals surface area (Å²) in [6.07, 6.45) is 0.262. The van der Waals surface area contributed by atoms with Gasteiger partial charge in [0.1, 0.15) is 0 Å². The number of nitrogens with one attached hydrogen (secondary N) is 1. The van der Waals surface area contributed by atoms with Crippen LogP contribution in [-0.2, 0) is 20.7 Å². The Morgan fingerprint density at radius 3 is 2.65 bits per heavy atom. The first kappa shape index (κ1) is 17.0. The Bertz CT molecular complexity index is 800. The average Bonchev–Trinajstić information content (AvgIpc) is 2.58. The van der Waals surface area contributed by atoms with Gasteiger partial charge in [-0.2, -0.15) is 0 Å². The summed E-state index contributed by atoms with van der Waals surface area (Å²) < 4.78 is 5.65. The molecule has 7 heteroatoms. The molecule has 3 aliphatic heterocycles. The van der Waals surface area contributed by atoms with Crippen LogP contribution >= 0.6 is 0 Å². The van der Waals surface area contributed by atoms with E-state index < -0.39 is 34.8 Å². The van der Waals surface area contributed by atoms with E-state index in [-0.39, 0.29) is 13.0 Å². The van der Waals surface area contributed by atoms with Crippen LogP contribution in [0.1, 0.15) is 26.3 Å². The lowest BCUT2D eigenvalue weighted by Gasteiger charge is -2.54. The smallest absolute Gasteiger partial charge is 0.331 e. The van der Waals surface area contributed by atoms with E-state index >= 15 is 0 Å². The summed E-state index contributed by atoms with van der Waals surface area (Å²) in [5.41, 5.74) is -0.120. The van der Waals surface area contributed by atoms with Crippen LogP contribution in [0, 0.1) is 5.41 Å². The number of imide groups is 2. The van der Waals surface area contributed by atoms with Crippen molar-refractivity contribution in [3.63, 3.8) is 0 Å². The second-order valence-electron chi connectivity index (χ2n) is 8.13. The minimum absolute atomic E-state index is 0.262. The van der Waals surface area contributed by atoms with E-state index in [0.29, 0.717) is 13.2 Å². The number of urea groups is 1. The summed E-state index contributed by atoms with van der Waals surface area (Å²) in [6, 6.07) is 6.74. The first-order valence-electron chi connectivity index (χ1n) is 8.89. The Morgan fingerprint density at radius 2 is 1.92 bits per heavy atom. The number of rotatable bonds is 0. The maximum absolute atomic E-state index is 13.6. The van der Waals surface area contributed by atoms with Crippen molar-refractivity contribution in [1.29, 1.82) is 0 Å². The number of fused-ring (bicyclic) bond motifs is 4. The molecule has 138 valence electrons. The van der Waals surface area contributed by atoms with Gasteiger partial charge >= 0.3 is 6.03 Å². The Kier molecular flexibility index (Phi) is 3.63. The number of carbonyl (C=O) groups is 3. The zero-order chi connectivity index (χ0) is 18.7. The summed E-state index contributed by atoms with van der Waals surface area (Å²) >= 11 is 0. The topological polar surface area (TPSA) is 79.0 Å². The third-order valence-corrected chi connectivity index (χ3v) is 5.55. The van der Waals surface area contributed by atoms with Crippen molar-refractivity contribution in [1.82, 2.24) is 10.2 Å². The molecular formula is C19H23N3O4. The minimum atomic E-state index is -1.37. The second-order valence-corrected chi connectivity index (χ2v) is 8.13. The highest BCUT2D eigenvalue weighted by Crippen LogP contribution is 2.46. The Morgan fingerprint density at radius 1 is 1.19 bits per heavy atom. The van der Waals surface area contributed by atoms with Gasteiger partial charge in [-0.1, -0.05) is 18.2 Å². The van der Waals surface area contributed by atoms with Crippen LogP contribution in [0.15, 0.2) is 24.3 Å². The normalized spacial score (nSPS) is 28.7. The van der Waals surface area contributed by atoms with E-state index in [1.807, 2.05) is 24.3 Å². The molecule has 1 aromatic carbocycles. The summed E-state index contributed by atoms with van der Waals surface area (Å²) in [5, 5.41) is 2.44. The molecule has 3 aliphatic rings. The number of amides is 4. The molecule has 0 aliphatic carbocycles. The minimum Gasteiger partial charge on any atom is -0.377 e. The Balaban J connectivity index is 1.89. The number of para-hydroxylation sites is 1. The summed E-state index contributed by atoms with van der Waals surface area (Å²) in [4.78, 5) is 42.4. The summed E-state index contributed by atoms with van der Waals surface area (Å²) in [5.74, 6) is -0.961. The van der Waals surface area contributed by atoms with Crippen molar-refractivity contribution < 1.29 is 19.1 Å². The summed E-state index contributed by atoms with van der Waals surface area (Å²) in [6.45, 7) is 6.80. The Hall–Kier alpha value is -2.41. The van der Waals surface area contributed by atoms with E-state index in [2.05, 4.69) is 10.2 Å². The van der Waals surface area contributed by atoms with Gasteiger partial charge in [0.05, 0.1) is 19.3 Å². The van der Waals surface area contributed by atoms with Crippen molar-refractivity contribution in [3.05, 3.63) is 29.8 Å². The molecule has 0 radical (unpaired) electrons. The van der Waals surface area contributed by atoms with Gasteiger partial charge in [0, 0.05) is 17.8 Å². The molecule has 4 amide bonds. The molecule has 2 fully saturated rings. The molecule has 0 bridgehead atoms. The van der Waals surface area contributed by atoms with Crippen LogP contribution in [0.3, 0.4) is 0 Å². The molecule has 7 nitrogen and oxygen atoms in total. The SMILES string of the molecule is CC(C)(C)N1C(=O)NC(=O)[C@@]2(Cc3ccccc3N3CCOC[C@H]32)C1=O. The molecular weight excluding hydrogens is 334 g/mol. The molecule has 0 aromatic heterocycles. The zero-order valence-corrected chi connectivity index (χ0v) is 15.2. The van der Waals surface area contributed by atoms with E-state index in [0.717, 1.165) is 11.3 Å². The fourth-order valence-electron chi connectivity index (χ4n) is 4.37. The van der Waals surface area contributed by atoms with Crippen LogP contribution < -0.4 is 10.2 Å². The maximum atomic E-state index is 13.6. The Labute approximate surface area is 152 Å². The molecule has 1 aromatic rings. The second kappa shape index (κ2) is 5.54. The fraction of sp³-hybridized carbons (Fsp3) is 0.526. The zero-order valence-electron chi connectivity index (χ0n) is 15.2. The third-order valence-electron chi connectivity index (χ3n) is 5.55. The van der Waals surface area contributed by atoms with E-state index in [9.17, 15) is 14.4 Å². The molecule has 3 heterocycles. The quantitative estimate of drug-likeness (QED) is 0.709. The lowest BCUT2D eigenvalue weighted by atomic mass is 9.68. The highest BCUT2D eigenvalue weighted by atomic mass is 16.5. The first-order chi connectivity index (χ1) is 12.3. The van der Waals surface area contributed by atoms with Gasteiger partial charge in [-0.15, -0.1) is 0 Å². The number of hydrogen-bond acceptors (Lipinski definition) is 5. The van der Waals surface area contributed by atoms with Crippen molar-refractivity contribution in [2.75, 3.05) is 24.7 Å². The molecule has 0 saturated carbocycles. The van der Waals surface area contributed by atoms with Gasteiger partial charge in [0.2, 0.25) is 11.8 Å². The molecule has 2 atom stereocenters. The van der Waals surface area contributed by atoms with Crippen molar-refractivity contribution in [2.45, 2.75) is 38.8 Å². The van der Waals surface area contributed by atoms with Gasteiger partial charge in [0.25, 0.3) is 0 Å². The van der Waals surface area contributed by atoms with Crippen LogP contribution in [-0.4, -0.2) is 54.1 Å².